The summed E-state index contributed by atoms with van der Waals surface area (Å²) in [6, 6.07) is 0. The second kappa shape index (κ2) is 7.01. The molecule has 0 aliphatic carbocycles. The molecule has 0 bridgehead atoms. The van der Waals surface area contributed by atoms with Crippen molar-refractivity contribution >= 4 is 34.1 Å². The van der Waals surface area contributed by atoms with Crippen molar-refractivity contribution in [3.05, 3.63) is 16.0 Å². The Labute approximate surface area is 120 Å². The highest BCUT2D eigenvalue weighted by molar-refractivity contribution is 7.18. The third kappa shape index (κ3) is 3.55. The lowest BCUT2D eigenvalue weighted by Gasteiger charge is -2.06. The van der Waals surface area contributed by atoms with Crippen LogP contribution < -0.4 is 16.8 Å². The summed E-state index contributed by atoms with van der Waals surface area (Å²) < 4.78 is 4.92. The molecule has 1 aromatic heterocycles. The van der Waals surface area contributed by atoms with Gasteiger partial charge in [-0.05, 0) is 19.4 Å². The number of rotatable bonds is 6. The Bertz CT molecular complexity index is 539. The highest BCUT2D eigenvalue weighted by atomic mass is 32.1. The third-order valence-electron chi connectivity index (χ3n) is 2.47. The van der Waals surface area contributed by atoms with Crippen molar-refractivity contribution in [1.29, 1.82) is 0 Å². The predicted molar refractivity (Wildman–Crippen MR) is 75.8 cm³/mol. The van der Waals surface area contributed by atoms with Crippen LogP contribution in [-0.4, -0.2) is 30.9 Å². The molecule has 0 saturated heterocycles. The van der Waals surface area contributed by atoms with Crippen molar-refractivity contribution in [2.75, 3.05) is 18.5 Å². The molecule has 0 spiro atoms. The van der Waals surface area contributed by atoms with Gasteiger partial charge in [0.2, 0.25) is 5.91 Å². The van der Waals surface area contributed by atoms with Crippen LogP contribution in [0.2, 0.25) is 0 Å². The van der Waals surface area contributed by atoms with E-state index in [2.05, 4.69) is 5.32 Å². The van der Waals surface area contributed by atoms with Gasteiger partial charge in [-0.1, -0.05) is 0 Å². The Morgan fingerprint density at radius 1 is 1.35 bits per heavy atom. The van der Waals surface area contributed by atoms with Gasteiger partial charge < -0.3 is 21.5 Å². The summed E-state index contributed by atoms with van der Waals surface area (Å²) in [5.74, 6) is -1.59. The Balaban J connectivity index is 3.19. The fourth-order valence-corrected chi connectivity index (χ4v) is 2.67. The molecule has 110 valence electrons. The van der Waals surface area contributed by atoms with Crippen molar-refractivity contribution in [2.24, 2.45) is 11.5 Å². The third-order valence-corrected chi connectivity index (χ3v) is 3.70. The predicted octanol–water partition coefficient (Wildman–Crippen LogP) is 0.619. The minimum Gasteiger partial charge on any atom is -0.462 e. The molecule has 7 nitrogen and oxygen atoms in total. The standard InChI is InChI=1S/C12H17N3O4S/c1-3-19-12(18)8-6(2)9(10(14)17)20-11(8)15-7(16)4-5-13/h3-5,13H2,1-2H3,(H2,14,17)(H,15,16). The summed E-state index contributed by atoms with van der Waals surface area (Å²) in [4.78, 5) is 35.0. The van der Waals surface area contributed by atoms with Crippen LogP contribution in [0.5, 0.6) is 0 Å². The van der Waals surface area contributed by atoms with Gasteiger partial charge in [-0.15, -0.1) is 11.3 Å². The Morgan fingerprint density at radius 2 is 2.00 bits per heavy atom. The maximum atomic E-state index is 11.9. The first-order valence-electron chi connectivity index (χ1n) is 6.02. The number of hydrogen-bond acceptors (Lipinski definition) is 6. The first kappa shape index (κ1) is 16.1. The Kier molecular flexibility index (Phi) is 5.66. The number of nitrogens with two attached hydrogens (primary N) is 2. The fraction of sp³-hybridized carbons (Fsp3) is 0.417. The van der Waals surface area contributed by atoms with Gasteiger partial charge in [0.1, 0.15) is 5.00 Å². The van der Waals surface area contributed by atoms with Crippen molar-refractivity contribution in [2.45, 2.75) is 20.3 Å². The van der Waals surface area contributed by atoms with Crippen LogP contribution in [0.3, 0.4) is 0 Å². The van der Waals surface area contributed by atoms with E-state index in [1.165, 1.54) is 0 Å². The SMILES string of the molecule is CCOC(=O)c1c(NC(=O)CCN)sc(C(N)=O)c1C. The summed E-state index contributed by atoms with van der Waals surface area (Å²) in [5, 5.41) is 2.82. The smallest absolute Gasteiger partial charge is 0.341 e. The van der Waals surface area contributed by atoms with Crippen molar-refractivity contribution in [3.8, 4) is 0 Å². The zero-order valence-electron chi connectivity index (χ0n) is 11.3. The average molecular weight is 299 g/mol. The van der Waals surface area contributed by atoms with Crippen LogP contribution in [0, 0.1) is 6.92 Å². The fourth-order valence-electron chi connectivity index (χ4n) is 1.61. The second-order valence-corrected chi connectivity index (χ2v) is 4.95. The lowest BCUT2D eigenvalue weighted by atomic mass is 10.1. The molecule has 0 saturated carbocycles. The molecule has 0 aliphatic heterocycles. The van der Waals surface area contributed by atoms with Crippen LogP contribution in [0.25, 0.3) is 0 Å². The van der Waals surface area contributed by atoms with Crippen LogP contribution in [-0.2, 0) is 9.53 Å². The van der Waals surface area contributed by atoms with E-state index in [0.29, 0.717) is 5.56 Å². The van der Waals surface area contributed by atoms with E-state index in [1.807, 2.05) is 0 Å². The van der Waals surface area contributed by atoms with Crippen LogP contribution in [0.1, 0.15) is 38.9 Å². The second-order valence-electron chi connectivity index (χ2n) is 3.93. The molecule has 0 aromatic carbocycles. The summed E-state index contributed by atoms with van der Waals surface area (Å²) in [7, 11) is 0. The van der Waals surface area contributed by atoms with E-state index >= 15 is 0 Å². The highest BCUT2D eigenvalue weighted by Crippen LogP contribution is 2.33. The molecule has 0 radical (unpaired) electrons. The zero-order chi connectivity index (χ0) is 15.3. The number of amides is 2. The van der Waals surface area contributed by atoms with E-state index in [-0.39, 0.29) is 40.9 Å². The van der Waals surface area contributed by atoms with E-state index in [4.69, 9.17) is 16.2 Å². The molecule has 0 atom stereocenters. The molecule has 0 unspecified atom stereocenters. The lowest BCUT2D eigenvalue weighted by Crippen LogP contribution is -2.17. The molecule has 2 amide bonds. The van der Waals surface area contributed by atoms with Gasteiger partial charge in [0.05, 0.1) is 17.0 Å². The molecule has 0 aliphatic rings. The van der Waals surface area contributed by atoms with Crippen LogP contribution in [0.4, 0.5) is 5.00 Å². The van der Waals surface area contributed by atoms with Gasteiger partial charge in [-0.2, -0.15) is 0 Å². The summed E-state index contributed by atoms with van der Waals surface area (Å²) in [6.07, 6.45) is 0.116. The number of carbonyl (C=O) groups is 3. The molecular weight excluding hydrogens is 282 g/mol. The molecule has 8 heteroatoms. The van der Waals surface area contributed by atoms with Crippen LogP contribution in [0.15, 0.2) is 0 Å². The Morgan fingerprint density at radius 3 is 2.50 bits per heavy atom. The van der Waals surface area contributed by atoms with E-state index in [9.17, 15) is 14.4 Å². The lowest BCUT2D eigenvalue weighted by molar-refractivity contribution is -0.116. The maximum Gasteiger partial charge on any atom is 0.341 e. The van der Waals surface area contributed by atoms with Gasteiger partial charge in [0.15, 0.2) is 0 Å². The summed E-state index contributed by atoms with van der Waals surface area (Å²) in [6.45, 7) is 3.63. The van der Waals surface area contributed by atoms with E-state index in [0.717, 1.165) is 11.3 Å². The number of nitrogens with one attached hydrogen (secondary N) is 1. The topological polar surface area (TPSA) is 125 Å². The first-order chi connectivity index (χ1) is 9.42. The largest absolute Gasteiger partial charge is 0.462 e. The van der Waals surface area contributed by atoms with Crippen molar-refractivity contribution < 1.29 is 19.1 Å². The normalized spacial score (nSPS) is 10.2. The quantitative estimate of drug-likeness (QED) is 0.664. The van der Waals surface area contributed by atoms with Crippen molar-refractivity contribution in [3.63, 3.8) is 0 Å². The molecule has 20 heavy (non-hydrogen) atoms. The van der Waals surface area contributed by atoms with E-state index < -0.39 is 11.9 Å². The minimum atomic E-state index is -0.655. The number of thiophene rings is 1. The number of carbonyl (C=O) groups excluding carboxylic acids is 3. The zero-order valence-corrected chi connectivity index (χ0v) is 12.1. The van der Waals surface area contributed by atoms with Gasteiger partial charge in [0, 0.05) is 13.0 Å². The molecule has 1 heterocycles. The molecule has 0 fully saturated rings. The molecule has 1 aromatic rings. The summed E-state index contributed by atoms with van der Waals surface area (Å²) >= 11 is 0.954. The number of primary amides is 1. The summed E-state index contributed by atoms with van der Waals surface area (Å²) in [5.41, 5.74) is 11.1. The Hall–Kier alpha value is -1.93. The van der Waals surface area contributed by atoms with Crippen LogP contribution >= 0.6 is 11.3 Å². The van der Waals surface area contributed by atoms with Gasteiger partial charge in [-0.25, -0.2) is 4.79 Å². The van der Waals surface area contributed by atoms with Gasteiger partial charge in [-0.3, -0.25) is 9.59 Å². The molecule has 5 N–H and O–H groups in total. The van der Waals surface area contributed by atoms with Crippen molar-refractivity contribution in [1.82, 2.24) is 0 Å². The van der Waals surface area contributed by atoms with Gasteiger partial charge in [0.25, 0.3) is 5.91 Å². The maximum absolute atomic E-state index is 11.9. The first-order valence-corrected chi connectivity index (χ1v) is 6.84. The molecular formula is C12H17N3O4S. The minimum absolute atomic E-state index is 0.116. The highest BCUT2D eigenvalue weighted by Gasteiger charge is 2.25. The average Bonchev–Trinajstić information content (AvgIpc) is 2.66. The molecule has 1 rings (SSSR count). The monoisotopic (exact) mass is 299 g/mol. The van der Waals surface area contributed by atoms with E-state index in [1.54, 1.807) is 13.8 Å². The number of ether oxygens (including phenoxy) is 1. The number of hydrogen-bond donors (Lipinski definition) is 3. The van der Waals surface area contributed by atoms with Gasteiger partial charge >= 0.3 is 5.97 Å². The number of anilines is 1. The number of esters is 1.